The van der Waals surface area contributed by atoms with E-state index in [-0.39, 0.29) is 42.1 Å². The Morgan fingerprint density at radius 3 is 2.62 bits per heavy atom. The molecule has 0 saturated carbocycles. The lowest BCUT2D eigenvalue weighted by Gasteiger charge is -2.26. The Balaban J connectivity index is 1.50. The Hall–Kier alpha value is -2.96. The van der Waals surface area contributed by atoms with Crippen molar-refractivity contribution in [2.75, 3.05) is 18.0 Å². The van der Waals surface area contributed by atoms with E-state index in [1.807, 2.05) is 36.1 Å². The van der Waals surface area contributed by atoms with Crippen LogP contribution in [0.3, 0.4) is 0 Å². The standard InChI is InChI=1S/C22H26N4O3/c1-16-15-17-7-3-4-8-19(17)26(16)22(29)18-9-10-21(28)25(23-18)14-11-20(27)24-12-5-2-6-13-24/h3-4,7-10,16H,2,5-6,11-15H2,1H3. The highest BCUT2D eigenvalue weighted by Gasteiger charge is 2.32. The highest BCUT2D eigenvalue weighted by molar-refractivity contribution is 6.06. The molecular formula is C22H26N4O3. The van der Waals surface area contributed by atoms with E-state index in [0.717, 1.165) is 50.0 Å². The van der Waals surface area contributed by atoms with Crippen LogP contribution in [0.25, 0.3) is 0 Å². The molecule has 1 aromatic heterocycles. The molecule has 4 rings (SSSR count). The minimum Gasteiger partial charge on any atom is -0.343 e. The van der Waals surface area contributed by atoms with Crippen molar-refractivity contribution in [3.8, 4) is 0 Å². The molecule has 29 heavy (non-hydrogen) atoms. The molecule has 7 nitrogen and oxygen atoms in total. The first-order valence-corrected chi connectivity index (χ1v) is 10.3. The Morgan fingerprint density at radius 1 is 1.07 bits per heavy atom. The fourth-order valence-electron chi connectivity index (χ4n) is 4.22. The smallest absolute Gasteiger partial charge is 0.278 e. The third kappa shape index (κ3) is 3.95. The van der Waals surface area contributed by atoms with Gasteiger partial charge in [0.25, 0.3) is 11.5 Å². The average Bonchev–Trinajstić information content (AvgIpc) is 3.08. The average molecular weight is 394 g/mol. The van der Waals surface area contributed by atoms with Gasteiger partial charge in [-0.3, -0.25) is 14.4 Å². The normalized spacial score (nSPS) is 18.6. The molecule has 3 heterocycles. The van der Waals surface area contributed by atoms with Gasteiger partial charge in [0.2, 0.25) is 5.91 Å². The number of para-hydroxylation sites is 1. The summed E-state index contributed by atoms with van der Waals surface area (Å²) in [7, 11) is 0. The van der Waals surface area contributed by atoms with Crippen LogP contribution < -0.4 is 10.5 Å². The lowest BCUT2D eigenvalue weighted by Crippen LogP contribution is -2.38. The summed E-state index contributed by atoms with van der Waals surface area (Å²) in [5.41, 5.74) is 1.94. The molecule has 1 fully saturated rings. The van der Waals surface area contributed by atoms with Crippen molar-refractivity contribution in [3.05, 3.63) is 58.0 Å². The van der Waals surface area contributed by atoms with Gasteiger partial charge in [0.1, 0.15) is 5.69 Å². The molecule has 0 spiro atoms. The number of carbonyl (C=O) groups excluding carboxylic acids is 2. The van der Waals surface area contributed by atoms with E-state index in [0.29, 0.717) is 0 Å². The third-order valence-electron chi connectivity index (χ3n) is 5.76. The summed E-state index contributed by atoms with van der Waals surface area (Å²) < 4.78 is 1.24. The van der Waals surface area contributed by atoms with Crippen LogP contribution in [0.15, 0.2) is 41.2 Å². The molecule has 152 valence electrons. The number of anilines is 1. The van der Waals surface area contributed by atoms with Crippen molar-refractivity contribution in [1.29, 1.82) is 0 Å². The predicted molar refractivity (Wildman–Crippen MR) is 110 cm³/mol. The summed E-state index contributed by atoms with van der Waals surface area (Å²) >= 11 is 0. The summed E-state index contributed by atoms with van der Waals surface area (Å²) in [6.07, 6.45) is 4.24. The number of benzene rings is 1. The first kappa shape index (κ1) is 19.4. The quantitative estimate of drug-likeness (QED) is 0.797. The minimum atomic E-state index is -0.303. The number of hydrogen-bond acceptors (Lipinski definition) is 4. The van der Waals surface area contributed by atoms with Crippen LogP contribution in [-0.2, 0) is 17.8 Å². The second-order valence-electron chi connectivity index (χ2n) is 7.83. The van der Waals surface area contributed by atoms with Gasteiger partial charge < -0.3 is 9.80 Å². The molecule has 2 aliphatic rings. The number of rotatable bonds is 4. The highest BCUT2D eigenvalue weighted by Crippen LogP contribution is 2.32. The number of amides is 2. The molecule has 0 bridgehead atoms. The first-order valence-electron chi connectivity index (χ1n) is 10.3. The van der Waals surface area contributed by atoms with Gasteiger partial charge in [-0.05, 0) is 50.3 Å². The second kappa shape index (κ2) is 8.19. The van der Waals surface area contributed by atoms with Gasteiger partial charge in [-0.1, -0.05) is 18.2 Å². The summed E-state index contributed by atoms with van der Waals surface area (Å²) in [5, 5.41) is 4.28. The third-order valence-corrected chi connectivity index (χ3v) is 5.76. The molecule has 0 radical (unpaired) electrons. The SMILES string of the molecule is CC1Cc2ccccc2N1C(=O)c1ccc(=O)n(CCC(=O)N2CCCCC2)n1. The number of nitrogens with zero attached hydrogens (tertiary/aromatic N) is 4. The van der Waals surface area contributed by atoms with Crippen molar-refractivity contribution < 1.29 is 9.59 Å². The fraction of sp³-hybridized carbons (Fsp3) is 0.455. The van der Waals surface area contributed by atoms with E-state index in [1.54, 1.807) is 4.90 Å². The zero-order chi connectivity index (χ0) is 20.4. The lowest BCUT2D eigenvalue weighted by atomic mass is 10.1. The maximum Gasteiger partial charge on any atom is 0.278 e. The van der Waals surface area contributed by atoms with Gasteiger partial charge in [-0.15, -0.1) is 0 Å². The lowest BCUT2D eigenvalue weighted by molar-refractivity contribution is -0.132. The molecule has 2 amide bonds. The van der Waals surface area contributed by atoms with Crippen LogP contribution in [-0.4, -0.2) is 45.6 Å². The molecule has 2 aliphatic heterocycles. The predicted octanol–water partition coefficient (Wildman–Crippen LogP) is 2.24. The summed E-state index contributed by atoms with van der Waals surface area (Å²) in [5.74, 6) is -0.184. The van der Waals surface area contributed by atoms with Crippen molar-refractivity contribution in [2.24, 2.45) is 0 Å². The molecule has 0 aliphatic carbocycles. The second-order valence-corrected chi connectivity index (χ2v) is 7.83. The topological polar surface area (TPSA) is 75.5 Å². The first-order chi connectivity index (χ1) is 14.0. The van der Waals surface area contributed by atoms with Gasteiger partial charge in [0.15, 0.2) is 0 Å². The zero-order valence-electron chi connectivity index (χ0n) is 16.7. The molecule has 1 atom stereocenters. The van der Waals surface area contributed by atoms with Gasteiger partial charge >= 0.3 is 0 Å². The maximum absolute atomic E-state index is 13.1. The largest absolute Gasteiger partial charge is 0.343 e. The fourth-order valence-corrected chi connectivity index (χ4v) is 4.22. The Kier molecular flexibility index (Phi) is 5.47. The van der Waals surface area contributed by atoms with Gasteiger partial charge in [0, 0.05) is 37.3 Å². The monoisotopic (exact) mass is 394 g/mol. The van der Waals surface area contributed by atoms with Crippen LogP contribution >= 0.6 is 0 Å². The zero-order valence-corrected chi connectivity index (χ0v) is 16.7. The number of carbonyl (C=O) groups is 2. The van der Waals surface area contributed by atoms with Crippen LogP contribution in [0, 0.1) is 0 Å². The van der Waals surface area contributed by atoms with E-state index < -0.39 is 0 Å². The Bertz CT molecular complexity index is 978. The van der Waals surface area contributed by atoms with Crippen LogP contribution in [0.5, 0.6) is 0 Å². The highest BCUT2D eigenvalue weighted by atomic mass is 16.2. The maximum atomic E-state index is 13.1. The van der Waals surface area contributed by atoms with Gasteiger partial charge in [-0.2, -0.15) is 5.10 Å². The van der Waals surface area contributed by atoms with E-state index >= 15 is 0 Å². The van der Waals surface area contributed by atoms with Crippen molar-refractivity contribution >= 4 is 17.5 Å². The van der Waals surface area contributed by atoms with E-state index in [9.17, 15) is 14.4 Å². The van der Waals surface area contributed by atoms with Crippen molar-refractivity contribution in [3.63, 3.8) is 0 Å². The van der Waals surface area contributed by atoms with E-state index in [4.69, 9.17) is 0 Å². The Labute approximate surface area is 169 Å². The van der Waals surface area contributed by atoms with Crippen LogP contribution in [0.2, 0.25) is 0 Å². The van der Waals surface area contributed by atoms with Crippen LogP contribution in [0.1, 0.15) is 48.7 Å². The summed E-state index contributed by atoms with van der Waals surface area (Å²) in [4.78, 5) is 41.4. The molecule has 1 saturated heterocycles. The van der Waals surface area contributed by atoms with Crippen molar-refractivity contribution in [1.82, 2.24) is 14.7 Å². The molecular weight excluding hydrogens is 368 g/mol. The minimum absolute atomic E-state index is 0.0303. The summed E-state index contributed by atoms with van der Waals surface area (Å²) in [6, 6.07) is 10.7. The van der Waals surface area contributed by atoms with Gasteiger partial charge in [0.05, 0.1) is 6.54 Å². The molecule has 0 N–H and O–H groups in total. The molecule has 1 aromatic carbocycles. The molecule has 2 aromatic rings. The van der Waals surface area contributed by atoms with E-state index in [1.165, 1.54) is 16.8 Å². The van der Waals surface area contributed by atoms with E-state index in [2.05, 4.69) is 5.10 Å². The molecule has 7 heteroatoms. The van der Waals surface area contributed by atoms with Gasteiger partial charge in [-0.25, -0.2) is 4.68 Å². The number of aryl methyl sites for hydroxylation is 1. The number of piperidine rings is 1. The number of hydrogen-bond donors (Lipinski definition) is 0. The number of fused-ring (bicyclic) bond motifs is 1. The molecule has 1 unspecified atom stereocenters. The number of likely N-dealkylation sites (tertiary alicyclic amines) is 1. The van der Waals surface area contributed by atoms with Crippen molar-refractivity contribution in [2.45, 2.75) is 51.6 Å². The Morgan fingerprint density at radius 2 is 1.83 bits per heavy atom. The summed E-state index contributed by atoms with van der Waals surface area (Å²) in [6.45, 7) is 3.75. The van der Waals surface area contributed by atoms with Crippen LogP contribution in [0.4, 0.5) is 5.69 Å². The number of aromatic nitrogens is 2.